The first-order valence-corrected chi connectivity index (χ1v) is 6.25. The summed E-state index contributed by atoms with van der Waals surface area (Å²) in [6, 6.07) is 7.49. The average Bonchev–Trinajstić information content (AvgIpc) is 2.43. The molecule has 1 unspecified atom stereocenters. The van der Waals surface area contributed by atoms with E-state index in [1.54, 1.807) is 12.3 Å². The van der Waals surface area contributed by atoms with Crippen molar-refractivity contribution in [3.8, 4) is 0 Å². The third-order valence-corrected chi connectivity index (χ3v) is 3.13. The van der Waals surface area contributed by atoms with Crippen molar-refractivity contribution < 1.29 is 8.78 Å². The third-order valence-electron chi connectivity index (χ3n) is 3.13. The number of benzene rings is 1. The lowest BCUT2D eigenvalue weighted by Gasteiger charge is -2.15. The highest BCUT2D eigenvalue weighted by molar-refractivity contribution is 5.26. The normalized spacial score (nSPS) is 12.4. The Hall–Kier alpha value is -1.81. The van der Waals surface area contributed by atoms with Gasteiger partial charge < -0.3 is 5.73 Å². The molecule has 4 heteroatoms. The SMILES string of the molecule is CCc1cccnc1C(N)Cc1cccc(F)c1F. The van der Waals surface area contributed by atoms with Gasteiger partial charge in [0.2, 0.25) is 0 Å². The van der Waals surface area contributed by atoms with Crippen LogP contribution in [0.4, 0.5) is 8.78 Å². The van der Waals surface area contributed by atoms with Crippen molar-refractivity contribution in [2.75, 3.05) is 0 Å². The Morgan fingerprint density at radius 2 is 1.89 bits per heavy atom. The molecule has 0 bridgehead atoms. The summed E-state index contributed by atoms with van der Waals surface area (Å²) in [5.74, 6) is -1.67. The van der Waals surface area contributed by atoms with Crippen LogP contribution in [-0.4, -0.2) is 4.98 Å². The van der Waals surface area contributed by atoms with E-state index in [1.807, 2.05) is 19.1 Å². The van der Waals surface area contributed by atoms with Gasteiger partial charge >= 0.3 is 0 Å². The third kappa shape index (κ3) is 2.96. The molecule has 0 amide bonds. The Balaban J connectivity index is 2.26. The maximum Gasteiger partial charge on any atom is 0.162 e. The van der Waals surface area contributed by atoms with Gasteiger partial charge in [0, 0.05) is 6.20 Å². The number of nitrogens with two attached hydrogens (primary N) is 1. The summed E-state index contributed by atoms with van der Waals surface area (Å²) in [5.41, 5.74) is 8.13. The van der Waals surface area contributed by atoms with Crippen LogP contribution in [0, 0.1) is 11.6 Å². The first-order valence-electron chi connectivity index (χ1n) is 6.25. The van der Waals surface area contributed by atoms with E-state index in [1.165, 1.54) is 6.07 Å². The van der Waals surface area contributed by atoms with E-state index in [0.717, 1.165) is 23.7 Å². The molecule has 2 aromatic rings. The molecular formula is C15H16F2N2. The lowest BCUT2D eigenvalue weighted by atomic mass is 9.99. The highest BCUT2D eigenvalue weighted by atomic mass is 19.2. The number of nitrogens with zero attached hydrogens (tertiary/aromatic N) is 1. The second-order valence-corrected chi connectivity index (χ2v) is 4.42. The molecule has 1 atom stereocenters. The van der Waals surface area contributed by atoms with Gasteiger partial charge in [0.1, 0.15) is 0 Å². The number of hydrogen-bond donors (Lipinski definition) is 1. The highest BCUT2D eigenvalue weighted by Gasteiger charge is 2.15. The maximum absolute atomic E-state index is 13.6. The number of aromatic nitrogens is 1. The van der Waals surface area contributed by atoms with Crippen LogP contribution < -0.4 is 5.73 Å². The lowest BCUT2D eigenvalue weighted by Crippen LogP contribution is -2.17. The molecule has 0 fully saturated rings. The quantitative estimate of drug-likeness (QED) is 0.919. The van der Waals surface area contributed by atoms with Gasteiger partial charge in [-0.25, -0.2) is 8.78 Å². The molecule has 2 nitrogen and oxygen atoms in total. The maximum atomic E-state index is 13.6. The fraction of sp³-hybridized carbons (Fsp3) is 0.267. The van der Waals surface area contributed by atoms with Gasteiger partial charge in [-0.05, 0) is 36.1 Å². The summed E-state index contributed by atoms with van der Waals surface area (Å²) in [4.78, 5) is 4.26. The largest absolute Gasteiger partial charge is 0.322 e. The van der Waals surface area contributed by atoms with Crippen molar-refractivity contribution in [1.29, 1.82) is 0 Å². The second-order valence-electron chi connectivity index (χ2n) is 4.42. The molecule has 0 saturated heterocycles. The molecule has 100 valence electrons. The molecule has 1 heterocycles. The van der Waals surface area contributed by atoms with E-state index < -0.39 is 17.7 Å². The predicted octanol–water partition coefficient (Wildman–Crippen LogP) is 3.16. The van der Waals surface area contributed by atoms with Crippen molar-refractivity contribution in [1.82, 2.24) is 4.98 Å². The van der Waals surface area contributed by atoms with E-state index in [-0.39, 0.29) is 12.0 Å². The Bertz CT molecular complexity index is 570. The molecule has 1 aromatic carbocycles. The fourth-order valence-electron chi connectivity index (χ4n) is 2.12. The zero-order chi connectivity index (χ0) is 13.8. The minimum Gasteiger partial charge on any atom is -0.322 e. The average molecular weight is 262 g/mol. The summed E-state index contributed by atoms with van der Waals surface area (Å²) >= 11 is 0. The van der Waals surface area contributed by atoms with Gasteiger partial charge in [-0.15, -0.1) is 0 Å². The van der Waals surface area contributed by atoms with E-state index in [4.69, 9.17) is 5.73 Å². The van der Waals surface area contributed by atoms with Crippen molar-refractivity contribution >= 4 is 0 Å². The molecule has 0 saturated carbocycles. The molecule has 1 aromatic heterocycles. The first-order chi connectivity index (χ1) is 9.13. The van der Waals surface area contributed by atoms with Gasteiger partial charge in [0.25, 0.3) is 0 Å². The van der Waals surface area contributed by atoms with E-state index in [2.05, 4.69) is 4.98 Å². The predicted molar refractivity (Wildman–Crippen MR) is 70.6 cm³/mol. The second kappa shape index (κ2) is 5.89. The van der Waals surface area contributed by atoms with Crippen molar-refractivity contribution in [2.24, 2.45) is 5.73 Å². The number of pyridine rings is 1. The van der Waals surface area contributed by atoms with E-state index >= 15 is 0 Å². The van der Waals surface area contributed by atoms with Gasteiger partial charge in [-0.3, -0.25) is 4.98 Å². The van der Waals surface area contributed by atoms with Crippen LogP contribution in [0.25, 0.3) is 0 Å². The summed E-state index contributed by atoms with van der Waals surface area (Å²) in [5, 5.41) is 0. The monoisotopic (exact) mass is 262 g/mol. The number of rotatable bonds is 4. The van der Waals surface area contributed by atoms with Crippen molar-refractivity contribution in [3.05, 3.63) is 65.0 Å². The molecule has 0 radical (unpaired) electrons. The lowest BCUT2D eigenvalue weighted by molar-refractivity contribution is 0.493. The minimum atomic E-state index is -0.846. The van der Waals surface area contributed by atoms with Crippen LogP contribution in [0.5, 0.6) is 0 Å². The number of hydrogen-bond acceptors (Lipinski definition) is 2. The van der Waals surface area contributed by atoms with Crippen molar-refractivity contribution in [2.45, 2.75) is 25.8 Å². The molecular weight excluding hydrogens is 246 g/mol. The Kier molecular flexibility index (Phi) is 4.22. The first kappa shape index (κ1) is 13.6. The zero-order valence-electron chi connectivity index (χ0n) is 10.7. The Morgan fingerprint density at radius 3 is 2.63 bits per heavy atom. The molecule has 0 aliphatic heterocycles. The van der Waals surface area contributed by atoms with E-state index in [0.29, 0.717) is 0 Å². The number of aryl methyl sites for hydroxylation is 1. The van der Waals surface area contributed by atoms with Gasteiger partial charge in [0.15, 0.2) is 11.6 Å². The van der Waals surface area contributed by atoms with Crippen LogP contribution in [-0.2, 0) is 12.8 Å². The van der Waals surface area contributed by atoms with Gasteiger partial charge in [-0.2, -0.15) is 0 Å². The van der Waals surface area contributed by atoms with Crippen molar-refractivity contribution in [3.63, 3.8) is 0 Å². The van der Waals surface area contributed by atoms with Crippen LogP contribution in [0.1, 0.15) is 29.8 Å². The topological polar surface area (TPSA) is 38.9 Å². The summed E-state index contributed by atoms with van der Waals surface area (Å²) in [6.07, 6.45) is 2.70. The standard InChI is InChI=1S/C15H16F2N2/c1-2-10-6-4-8-19-15(10)13(18)9-11-5-3-7-12(16)14(11)17/h3-8,13H,2,9,18H2,1H3. The van der Waals surface area contributed by atoms with E-state index in [9.17, 15) is 8.78 Å². The number of halogens is 2. The zero-order valence-corrected chi connectivity index (χ0v) is 10.7. The van der Waals surface area contributed by atoms with Crippen LogP contribution in [0.15, 0.2) is 36.5 Å². The molecule has 19 heavy (non-hydrogen) atoms. The highest BCUT2D eigenvalue weighted by Crippen LogP contribution is 2.21. The molecule has 2 rings (SSSR count). The molecule has 2 N–H and O–H groups in total. The Morgan fingerprint density at radius 1 is 1.16 bits per heavy atom. The Labute approximate surface area is 111 Å². The van der Waals surface area contributed by atoms with Crippen LogP contribution >= 0.6 is 0 Å². The minimum absolute atomic E-state index is 0.230. The summed E-state index contributed by atoms with van der Waals surface area (Å²) in [6.45, 7) is 2.01. The summed E-state index contributed by atoms with van der Waals surface area (Å²) in [7, 11) is 0. The summed E-state index contributed by atoms with van der Waals surface area (Å²) < 4.78 is 26.8. The smallest absolute Gasteiger partial charge is 0.162 e. The van der Waals surface area contributed by atoms with Crippen LogP contribution in [0.3, 0.4) is 0 Å². The molecule has 0 aliphatic carbocycles. The fourth-order valence-corrected chi connectivity index (χ4v) is 2.12. The molecule has 0 aliphatic rings. The molecule has 0 spiro atoms. The van der Waals surface area contributed by atoms with Gasteiger partial charge in [-0.1, -0.05) is 25.1 Å². The van der Waals surface area contributed by atoms with Gasteiger partial charge in [0.05, 0.1) is 11.7 Å². The van der Waals surface area contributed by atoms with Crippen LogP contribution in [0.2, 0.25) is 0 Å².